The Morgan fingerprint density at radius 3 is 2.40 bits per heavy atom. The Bertz CT molecular complexity index is 269. The van der Waals surface area contributed by atoms with E-state index in [1.54, 1.807) is 0 Å². The van der Waals surface area contributed by atoms with Gasteiger partial charge in [0.2, 0.25) is 0 Å². The topological polar surface area (TPSA) is 15.3 Å². The molecule has 3 atom stereocenters. The SMILES string of the molecule is CC(C)C1CCCC(N(CC2CCCCN2)C(C)C)C1. The summed E-state index contributed by atoms with van der Waals surface area (Å²) in [6, 6.07) is 2.26. The first-order valence-electron chi connectivity index (χ1n) is 9.07. The fraction of sp³-hybridized carbons (Fsp3) is 1.00. The molecule has 20 heavy (non-hydrogen) atoms. The van der Waals surface area contributed by atoms with E-state index in [2.05, 4.69) is 37.9 Å². The first kappa shape index (κ1) is 16.3. The fourth-order valence-corrected chi connectivity index (χ4v) is 4.22. The van der Waals surface area contributed by atoms with Gasteiger partial charge >= 0.3 is 0 Å². The molecule has 0 radical (unpaired) electrons. The lowest BCUT2D eigenvalue weighted by molar-refractivity contribution is 0.0742. The minimum atomic E-state index is 0.689. The van der Waals surface area contributed by atoms with Crippen LogP contribution >= 0.6 is 0 Å². The normalized spacial score (nSPS) is 32.2. The summed E-state index contributed by atoms with van der Waals surface area (Å²) in [6.07, 6.45) is 9.93. The summed E-state index contributed by atoms with van der Waals surface area (Å²) in [5.74, 6) is 1.81. The second-order valence-corrected chi connectivity index (χ2v) is 7.76. The van der Waals surface area contributed by atoms with Gasteiger partial charge in [-0.05, 0) is 57.9 Å². The van der Waals surface area contributed by atoms with Crippen LogP contribution < -0.4 is 5.32 Å². The number of piperidine rings is 1. The Kier molecular flexibility index (Phi) is 6.35. The summed E-state index contributed by atoms with van der Waals surface area (Å²) < 4.78 is 0. The number of rotatable bonds is 5. The van der Waals surface area contributed by atoms with Crippen LogP contribution in [-0.2, 0) is 0 Å². The van der Waals surface area contributed by atoms with Crippen molar-refractivity contribution < 1.29 is 0 Å². The van der Waals surface area contributed by atoms with Gasteiger partial charge in [-0.15, -0.1) is 0 Å². The number of nitrogens with zero attached hydrogens (tertiary/aromatic N) is 1. The molecule has 0 aromatic carbocycles. The molecule has 0 aromatic heterocycles. The van der Waals surface area contributed by atoms with Crippen molar-refractivity contribution in [2.45, 2.75) is 90.8 Å². The van der Waals surface area contributed by atoms with Gasteiger partial charge in [0.1, 0.15) is 0 Å². The summed E-state index contributed by atoms with van der Waals surface area (Å²) in [5.41, 5.74) is 0. The molecule has 118 valence electrons. The van der Waals surface area contributed by atoms with E-state index in [0.29, 0.717) is 6.04 Å². The third-order valence-corrected chi connectivity index (χ3v) is 5.61. The van der Waals surface area contributed by atoms with Crippen molar-refractivity contribution in [3.05, 3.63) is 0 Å². The molecule has 1 N–H and O–H groups in total. The molecule has 2 rings (SSSR count). The highest BCUT2D eigenvalue weighted by molar-refractivity contribution is 4.86. The Morgan fingerprint density at radius 2 is 1.80 bits per heavy atom. The van der Waals surface area contributed by atoms with Crippen LogP contribution in [-0.4, -0.2) is 36.1 Å². The number of nitrogens with one attached hydrogen (secondary N) is 1. The molecule has 1 heterocycles. The number of hydrogen-bond donors (Lipinski definition) is 1. The summed E-state index contributed by atoms with van der Waals surface area (Å²) in [7, 11) is 0. The minimum absolute atomic E-state index is 0.689. The zero-order chi connectivity index (χ0) is 14.5. The van der Waals surface area contributed by atoms with Gasteiger partial charge in [0.15, 0.2) is 0 Å². The van der Waals surface area contributed by atoms with Crippen LogP contribution in [0.3, 0.4) is 0 Å². The molecule has 2 fully saturated rings. The van der Waals surface area contributed by atoms with Crippen molar-refractivity contribution in [3.63, 3.8) is 0 Å². The van der Waals surface area contributed by atoms with Crippen molar-refractivity contribution in [2.75, 3.05) is 13.1 Å². The molecule has 1 saturated carbocycles. The largest absolute Gasteiger partial charge is 0.313 e. The van der Waals surface area contributed by atoms with E-state index in [1.165, 1.54) is 58.0 Å². The van der Waals surface area contributed by atoms with Crippen LogP contribution in [0.1, 0.15) is 72.6 Å². The average molecular weight is 280 g/mol. The van der Waals surface area contributed by atoms with Crippen LogP contribution in [0.4, 0.5) is 0 Å². The van der Waals surface area contributed by atoms with Crippen molar-refractivity contribution in [1.82, 2.24) is 10.2 Å². The Hall–Kier alpha value is -0.0800. The van der Waals surface area contributed by atoms with E-state index in [4.69, 9.17) is 0 Å². The fourth-order valence-electron chi connectivity index (χ4n) is 4.22. The Morgan fingerprint density at radius 1 is 1.00 bits per heavy atom. The van der Waals surface area contributed by atoms with Crippen LogP contribution in [0.25, 0.3) is 0 Å². The van der Waals surface area contributed by atoms with E-state index < -0.39 is 0 Å². The maximum atomic E-state index is 3.74. The lowest BCUT2D eigenvalue weighted by Gasteiger charge is -2.43. The first-order valence-corrected chi connectivity index (χ1v) is 9.07. The number of hydrogen-bond acceptors (Lipinski definition) is 2. The molecule has 1 aliphatic carbocycles. The van der Waals surface area contributed by atoms with E-state index in [1.807, 2.05) is 0 Å². The van der Waals surface area contributed by atoms with Gasteiger partial charge in [0.25, 0.3) is 0 Å². The molecule has 2 heteroatoms. The summed E-state index contributed by atoms with van der Waals surface area (Å²) in [4.78, 5) is 2.82. The predicted molar refractivity (Wildman–Crippen MR) is 88.1 cm³/mol. The molecule has 1 aliphatic heterocycles. The van der Waals surface area contributed by atoms with E-state index >= 15 is 0 Å². The molecule has 2 aliphatic rings. The van der Waals surface area contributed by atoms with E-state index in [9.17, 15) is 0 Å². The lowest BCUT2D eigenvalue weighted by Crippen LogP contribution is -2.51. The Balaban J connectivity index is 1.92. The predicted octanol–water partition coefficient (Wildman–Crippen LogP) is 4.05. The molecule has 2 nitrogen and oxygen atoms in total. The molecule has 3 unspecified atom stereocenters. The van der Waals surface area contributed by atoms with Gasteiger partial charge < -0.3 is 5.32 Å². The molecular weight excluding hydrogens is 244 g/mol. The van der Waals surface area contributed by atoms with Crippen LogP contribution in [0.15, 0.2) is 0 Å². The van der Waals surface area contributed by atoms with E-state index in [-0.39, 0.29) is 0 Å². The molecule has 0 amide bonds. The zero-order valence-corrected chi connectivity index (χ0v) is 14.2. The molecule has 0 bridgehead atoms. The summed E-state index contributed by atoms with van der Waals surface area (Å²) in [5, 5.41) is 3.74. The Labute approximate surface area is 126 Å². The van der Waals surface area contributed by atoms with Gasteiger partial charge in [-0.1, -0.05) is 33.1 Å². The van der Waals surface area contributed by atoms with Gasteiger partial charge in [0.05, 0.1) is 0 Å². The highest BCUT2D eigenvalue weighted by Crippen LogP contribution is 2.33. The van der Waals surface area contributed by atoms with Gasteiger partial charge in [0, 0.05) is 24.7 Å². The van der Waals surface area contributed by atoms with Gasteiger partial charge in [-0.25, -0.2) is 0 Å². The first-order chi connectivity index (χ1) is 9.58. The van der Waals surface area contributed by atoms with Crippen LogP contribution in [0, 0.1) is 11.8 Å². The minimum Gasteiger partial charge on any atom is -0.313 e. The molecule has 1 saturated heterocycles. The highest BCUT2D eigenvalue weighted by atomic mass is 15.2. The maximum absolute atomic E-state index is 3.74. The molecule has 0 aromatic rings. The van der Waals surface area contributed by atoms with Crippen molar-refractivity contribution in [1.29, 1.82) is 0 Å². The standard InChI is InChI=1S/C18H36N2/c1-14(2)16-8-7-10-18(12-16)20(15(3)4)13-17-9-5-6-11-19-17/h14-19H,5-13H2,1-4H3. The molecule has 0 spiro atoms. The lowest BCUT2D eigenvalue weighted by atomic mass is 9.78. The third-order valence-electron chi connectivity index (χ3n) is 5.61. The summed E-state index contributed by atoms with van der Waals surface area (Å²) >= 11 is 0. The summed E-state index contributed by atoms with van der Waals surface area (Å²) in [6.45, 7) is 12.1. The van der Waals surface area contributed by atoms with E-state index in [0.717, 1.165) is 23.9 Å². The zero-order valence-electron chi connectivity index (χ0n) is 14.2. The van der Waals surface area contributed by atoms with Crippen molar-refractivity contribution >= 4 is 0 Å². The van der Waals surface area contributed by atoms with Gasteiger partial charge in [-0.3, -0.25) is 4.90 Å². The van der Waals surface area contributed by atoms with Crippen LogP contribution in [0.2, 0.25) is 0 Å². The maximum Gasteiger partial charge on any atom is 0.0195 e. The van der Waals surface area contributed by atoms with Crippen molar-refractivity contribution in [3.8, 4) is 0 Å². The molecular formula is C18H36N2. The van der Waals surface area contributed by atoms with Gasteiger partial charge in [-0.2, -0.15) is 0 Å². The highest BCUT2D eigenvalue weighted by Gasteiger charge is 2.30. The van der Waals surface area contributed by atoms with Crippen LogP contribution in [0.5, 0.6) is 0 Å². The second-order valence-electron chi connectivity index (χ2n) is 7.76. The average Bonchev–Trinajstić information content (AvgIpc) is 2.45. The quantitative estimate of drug-likeness (QED) is 0.817. The second kappa shape index (κ2) is 7.79. The smallest absolute Gasteiger partial charge is 0.0195 e. The van der Waals surface area contributed by atoms with Crippen molar-refractivity contribution in [2.24, 2.45) is 11.8 Å². The third kappa shape index (κ3) is 4.46. The monoisotopic (exact) mass is 280 g/mol.